The van der Waals surface area contributed by atoms with Crippen molar-refractivity contribution in [2.45, 2.75) is 38.1 Å². The van der Waals surface area contributed by atoms with Crippen molar-refractivity contribution in [3.8, 4) is 5.75 Å². The molecule has 0 heterocycles. The molecule has 24 heavy (non-hydrogen) atoms. The number of carbonyl (C=O) groups excluding carboxylic acids is 1. The SMILES string of the molecule is O=CCC(OC1CC1)c1ccc(OCc2ccc(Cl)c(Cl)c2)cc1. The lowest BCUT2D eigenvalue weighted by molar-refractivity contribution is -0.110. The number of benzene rings is 2. The lowest BCUT2D eigenvalue weighted by atomic mass is 10.1. The summed E-state index contributed by atoms with van der Waals surface area (Å²) in [5, 5.41) is 1.05. The minimum Gasteiger partial charge on any atom is -0.489 e. The predicted octanol–water partition coefficient (Wildman–Crippen LogP) is 5.38. The number of hydrogen-bond donors (Lipinski definition) is 0. The minimum absolute atomic E-state index is 0.167. The smallest absolute Gasteiger partial charge is 0.122 e. The minimum atomic E-state index is -0.167. The average Bonchev–Trinajstić information content (AvgIpc) is 3.40. The number of hydrogen-bond acceptors (Lipinski definition) is 3. The molecule has 3 nitrogen and oxygen atoms in total. The van der Waals surface area contributed by atoms with E-state index in [-0.39, 0.29) is 6.10 Å². The monoisotopic (exact) mass is 364 g/mol. The fourth-order valence-electron chi connectivity index (χ4n) is 2.37. The van der Waals surface area contributed by atoms with Gasteiger partial charge in [0.05, 0.1) is 22.3 Å². The maximum Gasteiger partial charge on any atom is 0.122 e. The van der Waals surface area contributed by atoms with E-state index in [1.54, 1.807) is 12.1 Å². The molecular weight excluding hydrogens is 347 g/mol. The first-order valence-corrected chi connectivity index (χ1v) is 8.67. The maximum absolute atomic E-state index is 10.8. The van der Waals surface area contributed by atoms with Gasteiger partial charge >= 0.3 is 0 Å². The molecule has 0 N–H and O–H groups in total. The molecule has 0 amide bonds. The second kappa shape index (κ2) is 8.02. The van der Waals surface area contributed by atoms with Gasteiger partial charge in [0.15, 0.2) is 0 Å². The van der Waals surface area contributed by atoms with Gasteiger partial charge in [-0.1, -0.05) is 41.4 Å². The van der Waals surface area contributed by atoms with Crippen LogP contribution in [-0.4, -0.2) is 12.4 Å². The van der Waals surface area contributed by atoms with E-state index >= 15 is 0 Å². The highest BCUT2D eigenvalue weighted by Crippen LogP contribution is 2.33. The Labute approximate surface area is 151 Å². The van der Waals surface area contributed by atoms with Crippen molar-refractivity contribution >= 4 is 29.5 Å². The van der Waals surface area contributed by atoms with Crippen molar-refractivity contribution < 1.29 is 14.3 Å². The zero-order chi connectivity index (χ0) is 16.9. The molecule has 0 radical (unpaired) electrons. The van der Waals surface area contributed by atoms with Crippen molar-refractivity contribution in [2.24, 2.45) is 0 Å². The van der Waals surface area contributed by atoms with Crippen LogP contribution < -0.4 is 4.74 Å². The van der Waals surface area contributed by atoms with Gasteiger partial charge < -0.3 is 14.3 Å². The topological polar surface area (TPSA) is 35.5 Å². The van der Waals surface area contributed by atoms with Crippen molar-refractivity contribution in [2.75, 3.05) is 0 Å². The van der Waals surface area contributed by atoms with Crippen molar-refractivity contribution in [3.63, 3.8) is 0 Å². The summed E-state index contributed by atoms with van der Waals surface area (Å²) in [7, 11) is 0. The van der Waals surface area contributed by atoms with Crippen LogP contribution in [0.1, 0.15) is 36.5 Å². The first-order chi connectivity index (χ1) is 11.7. The zero-order valence-electron chi connectivity index (χ0n) is 13.1. The molecule has 5 heteroatoms. The van der Waals surface area contributed by atoms with Crippen LogP contribution >= 0.6 is 23.2 Å². The van der Waals surface area contributed by atoms with Gasteiger partial charge in [0.25, 0.3) is 0 Å². The summed E-state index contributed by atoms with van der Waals surface area (Å²) in [5.41, 5.74) is 1.94. The highest BCUT2D eigenvalue weighted by molar-refractivity contribution is 6.42. The summed E-state index contributed by atoms with van der Waals surface area (Å²) < 4.78 is 11.6. The Morgan fingerprint density at radius 2 is 1.83 bits per heavy atom. The highest BCUT2D eigenvalue weighted by atomic mass is 35.5. The molecule has 1 fully saturated rings. The number of halogens is 2. The molecule has 1 unspecified atom stereocenters. The molecule has 0 bridgehead atoms. The predicted molar refractivity (Wildman–Crippen MR) is 94.8 cm³/mol. The molecule has 3 rings (SSSR count). The third-order valence-electron chi connectivity index (χ3n) is 3.83. The third kappa shape index (κ3) is 4.73. The zero-order valence-corrected chi connectivity index (χ0v) is 14.6. The maximum atomic E-state index is 10.8. The molecule has 1 atom stereocenters. The van der Waals surface area contributed by atoms with Crippen LogP contribution in [0.3, 0.4) is 0 Å². The molecular formula is C19H18Cl2O3. The van der Waals surface area contributed by atoms with Gasteiger partial charge in [0, 0.05) is 6.42 Å². The van der Waals surface area contributed by atoms with Gasteiger partial charge in [-0.05, 0) is 48.2 Å². The Balaban J connectivity index is 1.60. The number of ether oxygens (including phenoxy) is 2. The number of rotatable bonds is 8. The Hall–Kier alpha value is -1.55. The van der Waals surface area contributed by atoms with E-state index in [0.717, 1.165) is 36.0 Å². The molecule has 2 aromatic rings. The van der Waals surface area contributed by atoms with Gasteiger partial charge in [-0.2, -0.15) is 0 Å². The summed E-state index contributed by atoms with van der Waals surface area (Å²) in [6.45, 7) is 0.409. The first-order valence-electron chi connectivity index (χ1n) is 7.91. The van der Waals surface area contributed by atoms with Gasteiger partial charge in [0.1, 0.15) is 18.6 Å². The van der Waals surface area contributed by atoms with Crippen molar-refractivity contribution in [1.29, 1.82) is 0 Å². The molecule has 1 aliphatic rings. The normalized spacial score (nSPS) is 15.1. The van der Waals surface area contributed by atoms with E-state index in [0.29, 0.717) is 29.2 Å². The largest absolute Gasteiger partial charge is 0.489 e. The summed E-state index contributed by atoms with van der Waals surface area (Å²) in [6, 6.07) is 13.1. The van der Waals surface area contributed by atoms with E-state index in [4.69, 9.17) is 32.7 Å². The second-order valence-electron chi connectivity index (χ2n) is 5.83. The fourth-order valence-corrected chi connectivity index (χ4v) is 2.69. The molecule has 0 aliphatic heterocycles. The van der Waals surface area contributed by atoms with Gasteiger partial charge in [-0.3, -0.25) is 0 Å². The molecule has 1 aliphatic carbocycles. The van der Waals surface area contributed by atoms with E-state index in [2.05, 4.69) is 0 Å². The standard InChI is InChI=1S/C19H18Cl2O3/c20-17-8-1-13(11-18(17)21)12-23-15-4-2-14(3-5-15)19(9-10-22)24-16-6-7-16/h1-5,8,10-11,16,19H,6-7,9,12H2. The third-order valence-corrected chi connectivity index (χ3v) is 4.57. The number of carbonyl (C=O) groups is 1. The summed E-state index contributed by atoms with van der Waals surface area (Å²) in [5.74, 6) is 0.751. The molecule has 0 aromatic heterocycles. The average molecular weight is 365 g/mol. The van der Waals surface area contributed by atoms with Crippen LogP contribution in [0.15, 0.2) is 42.5 Å². The van der Waals surface area contributed by atoms with Gasteiger partial charge in [-0.15, -0.1) is 0 Å². The number of aldehydes is 1. The molecule has 0 saturated heterocycles. The van der Waals surface area contributed by atoms with Crippen molar-refractivity contribution in [3.05, 3.63) is 63.6 Å². The summed E-state index contributed by atoms with van der Waals surface area (Å²) in [4.78, 5) is 10.8. The Morgan fingerprint density at radius 3 is 2.46 bits per heavy atom. The van der Waals surface area contributed by atoms with Gasteiger partial charge in [0.2, 0.25) is 0 Å². The first kappa shape index (κ1) is 17.3. The summed E-state index contributed by atoms with van der Waals surface area (Å²) >= 11 is 11.9. The van der Waals surface area contributed by atoms with Crippen LogP contribution in [0, 0.1) is 0 Å². The van der Waals surface area contributed by atoms with Crippen LogP contribution in [0.4, 0.5) is 0 Å². The fraction of sp³-hybridized carbons (Fsp3) is 0.316. The van der Waals surface area contributed by atoms with E-state index in [1.807, 2.05) is 30.3 Å². The van der Waals surface area contributed by atoms with Crippen molar-refractivity contribution in [1.82, 2.24) is 0 Å². The van der Waals surface area contributed by atoms with Crippen LogP contribution in [0.2, 0.25) is 10.0 Å². The quantitative estimate of drug-likeness (QED) is 0.589. The Bertz CT molecular complexity index is 696. The highest BCUT2D eigenvalue weighted by Gasteiger charge is 2.26. The lowest BCUT2D eigenvalue weighted by Gasteiger charge is -2.16. The lowest BCUT2D eigenvalue weighted by Crippen LogP contribution is -2.06. The second-order valence-corrected chi connectivity index (χ2v) is 6.65. The van der Waals surface area contributed by atoms with Crippen LogP contribution in [-0.2, 0) is 16.1 Å². The van der Waals surface area contributed by atoms with Crippen LogP contribution in [0.25, 0.3) is 0 Å². The molecule has 126 valence electrons. The van der Waals surface area contributed by atoms with Crippen LogP contribution in [0.5, 0.6) is 5.75 Å². The molecule has 0 spiro atoms. The van der Waals surface area contributed by atoms with E-state index in [9.17, 15) is 4.79 Å². The van der Waals surface area contributed by atoms with E-state index < -0.39 is 0 Å². The summed E-state index contributed by atoms with van der Waals surface area (Å²) in [6.07, 6.45) is 3.59. The Morgan fingerprint density at radius 1 is 1.08 bits per heavy atom. The Kier molecular flexibility index (Phi) is 5.77. The molecule has 1 saturated carbocycles. The van der Waals surface area contributed by atoms with Gasteiger partial charge in [-0.25, -0.2) is 0 Å². The molecule has 2 aromatic carbocycles. The van der Waals surface area contributed by atoms with E-state index in [1.165, 1.54) is 0 Å².